The highest BCUT2D eigenvalue weighted by Gasteiger charge is 2.17. The number of nitrogens with one attached hydrogen (secondary N) is 1. The van der Waals surface area contributed by atoms with Crippen molar-refractivity contribution in [1.82, 2.24) is 9.97 Å². The third kappa shape index (κ3) is 3.95. The number of halogens is 1. The zero-order chi connectivity index (χ0) is 18.8. The maximum atomic E-state index is 12.7. The summed E-state index contributed by atoms with van der Waals surface area (Å²) < 4.78 is 0. The molecule has 0 saturated carbocycles. The molecule has 0 aliphatic rings. The molecule has 0 saturated heterocycles. The van der Waals surface area contributed by atoms with Gasteiger partial charge in [-0.3, -0.25) is 9.59 Å². The second kappa shape index (κ2) is 7.82. The largest absolute Gasteiger partial charge is 0.481 e. The Labute approximate surface area is 163 Å². The number of aryl methyl sites for hydroxylation is 2. The zero-order valence-electron chi connectivity index (χ0n) is 14.3. The van der Waals surface area contributed by atoms with Crippen LogP contribution in [0, 0.1) is 13.8 Å². The second-order valence-corrected chi connectivity index (χ2v) is 8.59. The van der Waals surface area contributed by atoms with Crippen LogP contribution in [0.4, 0.5) is 0 Å². The van der Waals surface area contributed by atoms with Crippen LogP contribution in [-0.2, 0) is 4.79 Å². The van der Waals surface area contributed by atoms with Crippen molar-refractivity contribution >= 4 is 50.9 Å². The molecule has 2 N–H and O–H groups in total. The van der Waals surface area contributed by atoms with E-state index in [1.54, 1.807) is 0 Å². The van der Waals surface area contributed by atoms with E-state index in [0.717, 1.165) is 21.6 Å². The van der Waals surface area contributed by atoms with Crippen LogP contribution < -0.4 is 5.56 Å². The molecule has 0 unspecified atom stereocenters. The van der Waals surface area contributed by atoms with Crippen LogP contribution in [0.25, 0.3) is 21.3 Å². The number of carboxylic acids is 1. The molecule has 0 amide bonds. The summed E-state index contributed by atoms with van der Waals surface area (Å²) in [7, 11) is 0. The molecule has 0 radical (unpaired) electrons. The molecule has 3 aromatic rings. The second-order valence-electron chi connectivity index (χ2n) is 5.89. The standard InChI is InChI=1S/C18H17ClN2O3S2/c1-9-8-11(5-6-12(9)19)14-10(2)26-17-15(14)16(24)20-18(21-17)25-7-3-4-13(22)23/h5-6,8H,3-4,7H2,1-2H3,(H,22,23)(H,20,21,24). The van der Waals surface area contributed by atoms with Gasteiger partial charge in [-0.2, -0.15) is 0 Å². The molecule has 2 heterocycles. The molecule has 0 spiro atoms. The number of carboxylic acid groups (broad SMARTS) is 1. The molecule has 0 atom stereocenters. The Bertz CT molecular complexity index is 1040. The fraction of sp³-hybridized carbons (Fsp3) is 0.278. The molecule has 1 aromatic carbocycles. The summed E-state index contributed by atoms with van der Waals surface area (Å²) in [5, 5.41) is 10.5. The summed E-state index contributed by atoms with van der Waals surface area (Å²) in [5.41, 5.74) is 2.62. The number of aliphatic carboxylic acids is 1. The third-order valence-electron chi connectivity index (χ3n) is 3.94. The number of hydrogen-bond donors (Lipinski definition) is 2. The third-order valence-corrected chi connectivity index (χ3v) is 6.32. The maximum Gasteiger partial charge on any atom is 0.303 e. The molecule has 136 valence electrons. The topological polar surface area (TPSA) is 83.0 Å². The lowest BCUT2D eigenvalue weighted by Crippen LogP contribution is -2.09. The SMILES string of the molecule is Cc1cc(-c2c(C)sc3nc(SCCCC(=O)O)[nH]c(=O)c23)ccc1Cl. The van der Waals surface area contributed by atoms with E-state index in [4.69, 9.17) is 16.7 Å². The molecule has 26 heavy (non-hydrogen) atoms. The quantitative estimate of drug-likeness (QED) is 0.345. The number of rotatable bonds is 6. The van der Waals surface area contributed by atoms with Gasteiger partial charge in [-0.05, 0) is 43.5 Å². The highest BCUT2D eigenvalue weighted by atomic mass is 35.5. The van der Waals surface area contributed by atoms with Crippen LogP contribution >= 0.6 is 34.7 Å². The van der Waals surface area contributed by atoms with Gasteiger partial charge in [0.2, 0.25) is 0 Å². The fourth-order valence-electron chi connectivity index (χ4n) is 2.71. The van der Waals surface area contributed by atoms with Gasteiger partial charge in [-0.15, -0.1) is 11.3 Å². The smallest absolute Gasteiger partial charge is 0.303 e. The van der Waals surface area contributed by atoms with E-state index in [9.17, 15) is 9.59 Å². The van der Waals surface area contributed by atoms with Gasteiger partial charge in [-0.1, -0.05) is 29.4 Å². The monoisotopic (exact) mass is 408 g/mol. The molecule has 3 rings (SSSR count). The molecule has 5 nitrogen and oxygen atoms in total. The van der Waals surface area contributed by atoms with Crippen LogP contribution in [-0.4, -0.2) is 26.8 Å². The molecule has 8 heteroatoms. The van der Waals surface area contributed by atoms with E-state index in [0.29, 0.717) is 32.6 Å². The molecule has 0 aliphatic heterocycles. The van der Waals surface area contributed by atoms with Crippen molar-refractivity contribution < 1.29 is 9.90 Å². The highest BCUT2D eigenvalue weighted by Crippen LogP contribution is 2.37. The Hall–Kier alpha value is -1.83. The molecule has 2 aromatic heterocycles. The lowest BCUT2D eigenvalue weighted by atomic mass is 10.0. The predicted octanol–water partition coefficient (Wildman–Crippen LogP) is 4.88. The van der Waals surface area contributed by atoms with Gasteiger partial charge in [0, 0.05) is 27.6 Å². The first-order chi connectivity index (χ1) is 12.4. The van der Waals surface area contributed by atoms with E-state index >= 15 is 0 Å². The number of fused-ring (bicyclic) bond motifs is 1. The van der Waals surface area contributed by atoms with Crippen LogP contribution in [0.1, 0.15) is 23.3 Å². The summed E-state index contributed by atoms with van der Waals surface area (Å²) >= 11 is 8.97. The van der Waals surface area contributed by atoms with Crippen LogP contribution in [0.2, 0.25) is 5.02 Å². The molecule has 0 bridgehead atoms. The number of thioether (sulfide) groups is 1. The summed E-state index contributed by atoms with van der Waals surface area (Å²) in [6, 6.07) is 5.73. The Morgan fingerprint density at radius 2 is 2.15 bits per heavy atom. The van der Waals surface area contributed by atoms with E-state index in [-0.39, 0.29) is 12.0 Å². The minimum Gasteiger partial charge on any atom is -0.481 e. The fourth-order valence-corrected chi connectivity index (χ4v) is 4.73. The van der Waals surface area contributed by atoms with Crippen molar-refractivity contribution in [3.05, 3.63) is 44.0 Å². The van der Waals surface area contributed by atoms with Gasteiger partial charge in [0.15, 0.2) is 5.16 Å². The van der Waals surface area contributed by atoms with Crippen molar-refractivity contribution in [3.63, 3.8) is 0 Å². The van der Waals surface area contributed by atoms with Crippen molar-refractivity contribution in [1.29, 1.82) is 0 Å². The Morgan fingerprint density at radius 3 is 2.85 bits per heavy atom. The average molecular weight is 409 g/mol. The van der Waals surface area contributed by atoms with Gasteiger partial charge >= 0.3 is 5.97 Å². The number of benzene rings is 1. The van der Waals surface area contributed by atoms with Crippen LogP contribution in [0.3, 0.4) is 0 Å². The Morgan fingerprint density at radius 1 is 1.38 bits per heavy atom. The zero-order valence-corrected chi connectivity index (χ0v) is 16.6. The van der Waals surface area contributed by atoms with Gasteiger partial charge in [0.25, 0.3) is 5.56 Å². The number of thiophene rings is 1. The van der Waals surface area contributed by atoms with E-state index in [2.05, 4.69) is 9.97 Å². The summed E-state index contributed by atoms with van der Waals surface area (Å²) in [5.74, 6) is -0.228. The maximum absolute atomic E-state index is 12.7. The van der Waals surface area contributed by atoms with Crippen molar-refractivity contribution in [2.45, 2.75) is 31.8 Å². The first-order valence-electron chi connectivity index (χ1n) is 8.01. The predicted molar refractivity (Wildman–Crippen MR) is 108 cm³/mol. The summed E-state index contributed by atoms with van der Waals surface area (Å²) in [4.78, 5) is 32.3. The van der Waals surface area contributed by atoms with E-state index in [1.807, 2.05) is 32.0 Å². The van der Waals surface area contributed by atoms with Gasteiger partial charge in [0.1, 0.15) is 4.83 Å². The highest BCUT2D eigenvalue weighted by molar-refractivity contribution is 7.99. The van der Waals surface area contributed by atoms with Crippen LogP contribution in [0.15, 0.2) is 28.2 Å². The Kier molecular flexibility index (Phi) is 5.70. The first kappa shape index (κ1) is 18.9. The summed E-state index contributed by atoms with van der Waals surface area (Å²) in [6.07, 6.45) is 0.637. The van der Waals surface area contributed by atoms with Crippen molar-refractivity contribution in [2.24, 2.45) is 0 Å². The lowest BCUT2D eigenvalue weighted by Gasteiger charge is -2.05. The first-order valence-corrected chi connectivity index (χ1v) is 10.2. The lowest BCUT2D eigenvalue weighted by molar-refractivity contribution is -0.137. The van der Waals surface area contributed by atoms with Crippen LogP contribution in [0.5, 0.6) is 0 Å². The number of hydrogen-bond acceptors (Lipinski definition) is 5. The average Bonchev–Trinajstić information content (AvgIpc) is 2.90. The normalized spacial score (nSPS) is 11.2. The minimum atomic E-state index is -0.820. The van der Waals surface area contributed by atoms with Crippen molar-refractivity contribution in [3.8, 4) is 11.1 Å². The van der Waals surface area contributed by atoms with Gasteiger partial charge in [-0.25, -0.2) is 4.98 Å². The van der Waals surface area contributed by atoms with E-state index < -0.39 is 5.97 Å². The van der Waals surface area contributed by atoms with Gasteiger partial charge in [0.05, 0.1) is 5.39 Å². The van der Waals surface area contributed by atoms with Crippen molar-refractivity contribution in [2.75, 3.05) is 5.75 Å². The molecular formula is C18H17ClN2O3S2. The molecule has 0 aliphatic carbocycles. The summed E-state index contributed by atoms with van der Waals surface area (Å²) in [6.45, 7) is 3.91. The molecular weight excluding hydrogens is 392 g/mol. The minimum absolute atomic E-state index is 0.109. The Balaban J connectivity index is 1.97. The number of carbonyl (C=O) groups is 1. The number of H-pyrrole nitrogens is 1. The van der Waals surface area contributed by atoms with Gasteiger partial charge < -0.3 is 10.1 Å². The van der Waals surface area contributed by atoms with E-state index in [1.165, 1.54) is 23.1 Å². The molecule has 0 fully saturated rings. The number of aromatic amines is 1. The number of aromatic nitrogens is 2. The number of nitrogens with zero attached hydrogens (tertiary/aromatic N) is 1.